The summed E-state index contributed by atoms with van der Waals surface area (Å²) in [6.45, 7) is 2.07. The van der Waals surface area contributed by atoms with Gasteiger partial charge in [0, 0.05) is 18.8 Å². The lowest BCUT2D eigenvalue weighted by atomic mass is 10.2. The first-order valence-corrected chi connectivity index (χ1v) is 11.0. The summed E-state index contributed by atoms with van der Waals surface area (Å²) >= 11 is 7.22. The third-order valence-corrected chi connectivity index (χ3v) is 6.90. The highest BCUT2D eigenvalue weighted by Gasteiger charge is 2.29. The number of hydrogen-bond donors (Lipinski definition) is 1. The molecule has 1 atom stereocenters. The largest absolute Gasteiger partial charge is 0.351 e. The fourth-order valence-corrected chi connectivity index (χ4v) is 5.17. The molecule has 1 aliphatic heterocycles. The zero-order valence-electron chi connectivity index (χ0n) is 13.8. The highest BCUT2D eigenvalue weighted by molar-refractivity contribution is 8.00. The molecule has 0 aromatic carbocycles. The summed E-state index contributed by atoms with van der Waals surface area (Å²) in [6.07, 6.45) is 2.02. The van der Waals surface area contributed by atoms with Crippen LogP contribution in [0.3, 0.4) is 0 Å². The second-order valence-electron chi connectivity index (χ2n) is 5.65. The number of hydrogen-bond acceptors (Lipinski definition) is 6. The number of pyridine rings is 1. The number of aromatic nitrogens is 1. The van der Waals surface area contributed by atoms with Gasteiger partial charge in [-0.1, -0.05) is 23.4 Å². The van der Waals surface area contributed by atoms with Gasteiger partial charge in [0.2, 0.25) is 11.8 Å². The number of likely N-dealkylation sites (N-methyl/N-ethyl adjacent to an activating group) is 1. The Morgan fingerprint density at radius 1 is 1.48 bits per heavy atom. The fraction of sp³-hybridized carbons (Fsp3) is 0.533. The number of nitrogens with one attached hydrogen (secondary N) is 1. The van der Waals surface area contributed by atoms with Crippen molar-refractivity contribution >= 4 is 45.0 Å². The molecule has 10 heteroatoms. The van der Waals surface area contributed by atoms with Crippen molar-refractivity contribution in [2.75, 3.05) is 30.3 Å². The molecular formula is C15H20ClN3O4S2. The van der Waals surface area contributed by atoms with Crippen LogP contribution in [-0.2, 0) is 19.4 Å². The third-order valence-electron chi connectivity index (χ3n) is 3.72. The van der Waals surface area contributed by atoms with Crippen molar-refractivity contribution in [3.05, 3.63) is 23.4 Å². The van der Waals surface area contributed by atoms with Crippen LogP contribution in [-0.4, -0.2) is 66.5 Å². The quantitative estimate of drug-likeness (QED) is 0.679. The van der Waals surface area contributed by atoms with Crippen LogP contribution in [0.15, 0.2) is 23.4 Å². The number of sulfone groups is 1. The Kier molecular flexibility index (Phi) is 7.09. The normalized spacial score (nSPS) is 18.7. The van der Waals surface area contributed by atoms with E-state index in [1.165, 1.54) is 16.7 Å². The maximum Gasteiger partial charge on any atom is 0.239 e. The molecule has 1 aliphatic rings. The van der Waals surface area contributed by atoms with Crippen molar-refractivity contribution in [3.63, 3.8) is 0 Å². The molecule has 1 aromatic rings. The molecule has 138 valence electrons. The van der Waals surface area contributed by atoms with Crippen molar-refractivity contribution in [3.8, 4) is 0 Å². The summed E-state index contributed by atoms with van der Waals surface area (Å²) in [4.78, 5) is 29.9. The Balaban J connectivity index is 1.83. The van der Waals surface area contributed by atoms with Gasteiger partial charge in [0.25, 0.3) is 0 Å². The molecule has 0 radical (unpaired) electrons. The summed E-state index contributed by atoms with van der Waals surface area (Å²) < 4.78 is 22.8. The van der Waals surface area contributed by atoms with Gasteiger partial charge in [0.1, 0.15) is 5.03 Å². The molecule has 1 N–H and O–H groups in total. The summed E-state index contributed by atoms with van der Waals surface area (Å²) in [5, 5.41) is 3.72. The fourth-order valence-electron chi connectivity index (χ4n) is 2.43. The van der Waals surface area contributed by atoms with E-state index in [0.717, 1.165) is 0 Å². The molecule has 0 saturated carbocycles. The van der Waals surface area contributed by atoms with Crippen LogP contribution >= 0.6 is 23.4 Å². The van der Waals surface area contributed by atoms with Crippen molar-refractivity contribution in [1.29, 1.82) is 0 Å². The van der Waals surface area contributed by atoms with Gasteiger partial charge in [0.05, 0.1) is 28.8 Å². The second-order valence-corrected chi connectivity index (χ2v) is 9.25. The summed E-state index contributed by atoms with van der Waals surface area (Å²) in [7, 11) is -3.05. The molecule has 2 amide bonds. The van der Waals surface area contributed by atoms with E-state index in [4.69, 9.17) is 11.6 Å². The predicted octanol–water partition coefficient (Wildman–Crippen LogP) is 0.979. The maximum absolute atomic E-state index is 12.3. The number of amides is 2. The van der Waals surface area contributed by atoms with Crippen LogP contribution in [0, 0.1) is 0 Å². The minimum Gasteiger partial charge on any atom is -0.351 e. The molecule has 25 heavy (non-hydrogen) atoms. The monoisotopic (exact) mass is 405 g/mol. The number of nitrogens with zero attached hydrogens (tertiary/aromatic N) is 2. The zero-order valence-corrected chi connectivity index (χ0v) is 16.2. The smallest absolute Gasteiger partial charge is 0.239 e. The van der Waals surface area contributed by atoms with Crippen LogP contribution in [0.25, 0.3) is 0 Å². The zero-order chi connectivity index (χ0) is 18.4. The van der Waals surface area contributed by atoms with Crippen LogP contribution < -0.4 is 5.32 Å². The lowest BCUT2D eigenvalue weighted by molar-refractivity contribution is -0.134. The highest BCUT2D eigenvalue weighted by atomic mass is 35.5. The first-order valence-electron chi connectivity index (χ1n) is 7.81. The van der Waals surface area contributed by atoms with Crippen molar-refractivity contribution in [1.82, 2.24) is 15.2 Å². The lowest BCUT2D eigenvalue weighted by Crippen LogP contribution is -2.45. The van der Waals surface area contributed by atoms with Crippen LogP contribution in [0.2, 0.25) is 5.02 Å². The molecular weight excluding hydrogens is 386 g/mol. The van der Waals surface area contributed by atoms with E-state index in [2.05, 4.69) is 10.3 Å². The van der Waals surface area contributed by atoms with Crippen LogP contribution in [0.5, 0.6) is 0 Å². The Morgan fingerprint density at radius 3 is 2.84 bits per heavy atom. The van der Waals surface area contributed by atoms with Crippen molar-refractivity contribution < 1.29 is 18.0 Å². The predicted molar refractivity (Wildman–Crippen MR) is 97.4 cm³/mol. The first kappa shape index (κ1) is 20.0. The van der Waals surface area contributed by atoms with Crippen molar-refractivity contribution in [2.24, 2.45) is 0 Å². The minimum absolute atomic E-state index is 0.0349. The van der Waals surface area contributed by atoms with E-state index in [1.54, 1.807) is 25.3 Å². The van der Waals surface area contributed by atoms with E-state index in [9.17, 15) is 18.0 Å². The topological polar surface area (TPSA) is 96.4 Å². The van der Waals surface area contributed by atoms with Crippen molar-refractivity contribution in [2.45, 2.75) is 24.4 Å². The van der Waals surface area contributed by atoms with Crippen LogP contribution in [0.4, 0.5) is 0 Å². The molecule has 1 unspecified atom stereocenters. The summed E-state index contributed by atoms with van der Waals surface area (Å²) in [5.74, 6) is -0.375. The average Bonchev–Trinajstić information content (AvgIpc) is 2.90. The number of rotatable bonds is 7. The molecule has 2 heterocycles. The van der Waals surface area contributed by atoms with Gasteiger partial charge in [0.15, 0.2) is 9.84 Å². The number of halogens is 1. The Bertz CT molecular complexity index is 742. The van der Waals surface area contributed by atoms with Gasteiger partial charge in [-0.25, -0.2) is 13.4 Å². The third kappa shape index (κ3) is 6.16. The highest BCUT2D eigenvalue weighted by Crippen LogP contribution is 2.24. The summed E-state index contributed by atoms with van der Waals surface area (Å²) in [5.41, 5.74) is 0. The molecule has 0 bridgehead atoms. The van der Waals surface area contributed by atoms with Gasteiger partial charge >= 0.3 is 0 Å². The van der Waals surface area contributed by atoms with Gasteiger partial charge < -0.3 is 10.2 Å². The van der Waals surface area contributed by atoms with Crippen LogP contribution in [0.1, 0.15) is 13.3 Å². The molecule has 1 aromatic heterocycles. The maximum atomic E-state index is 12.3. The lowest BCUT2D eigenvalue weighted by Gasteiger charge is -2.21. The van der Waals surface area contributed by atoms with E-state index in [-0.39, 0.29) is 41.7 Å². The molecule has 1 fully saturated rings. The van der Waals surface area contributed by atoms with E-state index < -0.39 is 9.84 Å². The van der Waals surface area contributed by atoms with E-state index in [1.807, 2.05) is 0 Å². The Hall–Kier alpha value is -1.32. The van der Waals surface area contributed by atoms with E-state index >= 15 is 0 Å². The SMILES string of the molecule is CCN(CC(=O)NC1CCS(=O)(=O)C1)C(=O)CSc1ncccc1Cl. The van der Waals surface area contributed by atoms with Gasteiger partial charge in [-0.3, -0.25) is 9.59 Å². The molecule has 7 nitrogen and oxygen atoms in total. The standard InChI is InChI=1S/C15H20ClN3O4S2/c1-2-19(8-13(20)18-11-5-7-25(22,23)10-11)14(21)9-24-15-12(16)4-3-6-17-15/h3-4,6,11H,2,5,7-10H2,1H3,(H,18,20). The molecule has 0 spiro atoms. The van der Waals surface area contributed by atoms with Gasteiger partial charge in [-0.05, 0) is 25.5 Å². The number of thioether (sulfide) groups is 1. The Morgan fingerprint density at radius 2 is 2.24 bits per heavy atom. The number of carbonyl (C=O) groups excluding carboxylic acids is 2. The van der Waals surface area contributed by atoms with Gasteiger partial charge in [-0.15, -0.1) is 0 Å². The number of carbonyl (C=O) groups is 2. The Labute approximate surface area is 156 Å². The van der Waals surface area contributed by atoms with Gasteiger partial charge in [-0.2, -0.15) is 0 Å². The average molecular weight is 406 g/mol. The summed E-state index contributed by atoms with van der Waals surface area (Å²) in [6, 6.07) is 3.04. The molecule has 0 aliphatic carbocycles. The van der Waals surface area contributed by atoms with E-state index in [0.29, 0.717) is 23.0 Å². The molecule has 2 rings (SSSR count). The first-order chi connectivity index (χ1) is 11.8. The molecule has 1 saturated heterocycles. The second kappa shape index (κ2) is 8.86. The minimum atomic E-state index is -3.05.